The molecule has 0 spiro atoms. The number of rotatable bonds is 5. The van der Waals surface area contributed by atoms with E-state index in [1.54, 1.807) is 5.57 Å². The normalized spacial score (nSPS) is 32.5. The molecule has 0 saturated heterocycles. The van der Waals surface area contributed by atoms with E-state index in [-0.39, 0.29) is 0 Å². The largest absolute Gasteiger partial charge is 0.0993 e. The minimum atomic E-state index is 0.522. The van der Waals surface area contributed by atoms with Gasteiger partial charge in [-0.2, -0.15) is 0 Å². The average molecular weight is 194 g/mol. The average Bonchev–Trinajstić information content (AvgIpc) is 2.43. The van der Waals surface area contributed by atoms with Gasteiger partial charge in [0, 0.05) is 0 Å². The highest BCUT2D eigenvalue weighted by atomic mass is 14.4. The lowest BCUT2D eigenvalue weighted by atomic mass is 9.75. The third-order valence-electron chi connectivity index (χ3n) is 4.02. The Bertz CT molecular complexity index is 192. The fourth-order valence-electron chi connectivity index (χ4n) is 3.08. The summed E-state index contributed by atoms with van der Waals surface area (Å²) in [5, 5.41) is 0. The highest BCUT2D eigenvalue weighted by molar-refractivity contribution is 5.16. The van der Waals surface area contributed by atoms with Crippen LogP contribution in [-0.4, -0.2) is 0 Å². The highest BCUT2D eigenvalue weighted by Crippen LogP contribution is 2.50. The van der Waals surface area contributed by atoms with Crippen LogP contribution >= 0.6 is 0 Å². The summed E-state index contributed by atoms with van der Waals surface area (Å²) in [5.74, 6) is 0.879. The van der Waals surface area contributed by atoms with Crippen LogP contribution in [0.3, 0.4) is 0 Å². The monoisotopic (exact) mass is 194 g/mol. The summed E-state index contributed by atoms with van der Waals surface area (Å²) in [7, 11) is 0. The molecule has 0 bridgehead atoms. The van der Waals surface area contributed by atoms with Crippen molar-refractivity contribution in [3.8, 4) is 0 Å². The van der Waals surface area contributed by atoms with Gasteiger partial charge in [0.05, 0.1) is 0 Å². The Kier molecular flexibility index (Phi) is 4.22. The Hall–Kier alpha value is -0.260. The Morgan fingerprint density at radius 1 is 1.36 bits per heavy atom. The number of hydrogen-bond acceptors (Lipinski definition) is 0. The molecule has 0 aromatic carbocycles. The van der Waals surface area contributed by atoms with Crippen molar-refractivity contribution >= 4 is 0 Å². The molecule has 2 atom stereocenters. The summed E-state index contributed by atoms with van der Waals surface area (Å²) in [6.45, 7) is 11.3. The van der Waals surface area contributed by atoms with E-state index in [2.05, 4.69) is 27.4 Å². The first-order chi connectivity index (χ1) is 6.64. The lowest BCUT2D eigenvalue weighted by Crippen LogP contribution is -2.17. The molecule has 1 fully saturated rings. The third kappa shape index (κ3) is 2.40. The topological polar surface area (TPSA) is 0 Å². The summed E-state index contributed by atoms with van der Waals surface area (Å²) in [4.78, 5) is 0. The van der Waals surface area contributed by atoms with E-state index < -0.39 is 0 Å². The molecule has 0 aromatic heterocycles. The molecule has 0 amide bonds. The van der Waals surface area contributed by atoms with Gasteiger partial charge in [-0.3, -0.25) is 0 Å². The number of hydrogen-bond donors (Lipinski definition) is 0. The van der Waals surface area contributed by atoms with Gasteiger partial charge in [0.25, 0.3) is 0 Å². The molecular weight excluding hydrogens is 168 g/mol. The molecule has 0 aromatic rings. The van der Waals surface area contributed by atoms with E-state index in [9.17, 15) is 0 Å². The van der Waals surface area contributed by atoms with E-state index >= 15 is 0 Å². The van der Waals surface area contributed by atoms with E-state index in [0.29, 0.717) is 5.41 Å². The van der Waals surface area contributed by atoms with Crippen molar-refractivity contribution in [3.63, 3.8) is 0 Å². The van der Waals surface area contributed by atoms with Crippen LogP contribution in [-0.2, 0) is 0 Å². The maximum atomic E-state index is 4.31. The molecule has 0 aliphatic heterocycles. The van der Waals surface area contributed by atoms with Crippen LogP contribution in [0, 0.1) is 11.3 Å². The lowest BCUT2D eigenvalue weighted by molar-refractivity contribution is 0.292. The summed E-state index contributed by atoms with van der Waals surface area (Å²) >= 11 is 0. The molecule has 14 heavy (non-hydrogen) atoms. The fraction of sp³-hybridized carbons (Fsp3) is 0.857. The summed E-state index contributed by atoms with van der Waals surface area (Å²) in [6, 6.07) is 0. The van der Waals surface area contributed by atoms with Gasteiger partial charge in [0.15, 0.2) is 0 Å². The van der Waals surface area contributed by atoms with Crippen LogP contribution in [0.5, 0.6) is 0 Å². The van der Waals surface area contributed by atoms with Gasteiger partial charge in [-0.1, -0.05) is 52.2 Å². The molecule has 1 saturated carbocycles. The lowest BCUT2D eigenvalue weighted by Gasteiger charge is -2.29. The predicted molar refractivity (Wildman–Crippen MR) is 64.4 cm³/mol. The van der Waals surface area contributed by atoms with Gasteiger partial charge in [0.2, 0.25) is 0 Å². The molecule has 0 N–H and O–H groups in total. The maximum absolute atomic E-state index is 4.31. The molecule has 0 heteroatoms. The molecular formula is C14H26. The zero-order valence-electron chi connectivity index (χ0n) is 10.2. The standard InChI is InChI=1S/C14H26/c1-5-7-8-9-14(6-2)11-12(3)10-13(14)4/h12H,4-11H2,1-3H3. The van der Waals surface area contributed by atoms with Crippen molar-refractivity contribution in [1.29, 1.82) is 0 Å². The van der Waals surface area contributed by atoms with Crippen LogP contribution in [0.4, 0.5) is 0 Å². The first-order valence-electron chi connectivity index (χ1n) is 6.33. The Labute approximate surface area is 89.8 Å². The molecule has 0 heterocycles. The number of allylic oxidation sites excluding steroid dienone is 1. The third-order valence-corrected chi connectivity index (χ3v) is 4.02. The van der Waals surface area contributed by atoms with Crippen molar-refractivity contribution in [3.05, 3.63) is 12.2 Å². The first-order valence-corrected chi connectivity index (χ1v) is 6.33. The SMILES string of the molecule is C=C1CC(C)CC1(CC)CCCCC. The summed E-state index contributed by atoms with van der Waals surface area (Å²) in [6.07, 6.45) is 9.49. The Morgan fingerprint density at radius 3 is 2.50 bits per heavy atom. The van der Waals surface area contributed by atoms with Gasteiger partial charge < -0.3 is 0 Å². The Morgan fingerprint density at radius 2 is 2.07 bits per heavy atom. The molecule has 0 nitrogen and oxygen atoms in total. The van der Waals surface area contributed by atoms with Crippen LogP contribution in [0.25, 0.3) is 0 Å². The fourth-order valence-corrected chi connectivity index (χ4v) is 3.08. The smallest absolute Gasteiger partial charge is 0.00906 e. The second-order valence-corrected chi connectivity index (χ2v) is 5.21. The van der Waals surface area contributed by atoms with Gasteiger partial charge >= 0.3 is 0 Å². The van der Waals surface area contributed by atoms with E-state index in [1.165, 1.54) is 44.9 Å². The van der Waals surface area contributed by atoms with Crippen molar-refractivity contribution in [2.75, 3.05) is 0 Å². The number of unbranched alkanes of at least 4 members (excludes halogenated alkanes) is 2. The zero-order valence-corrected chi connectivity index (χ0v) is 10.2. The van der Waals surface area contributed by atoms with Gasteiger partial charge in [-0.15, -0.1) is 0 Å². The molecule has 0 radical (unpaired) electrons. The quantitative estimate of drug-likeness (QED) is 0.429. The van der Waals surface area contributed by atoms with Gasteiger partial charge in [0.1, 0.15) is 0 Å². The minimum Gasteiger partial charge on any atom is -0.0993 e. The first kappa shape index (κ1) is 11.8. The van der Waals surface area contributed by atoms with Crippen molar-refractivity contribution < 1.29 is 0 Å². The summed E-state index contributed by atoms with van der Waals surface area (Å²) in [5.41, 5.74) is 2.07. The van der Waals surface area contributed by atoms with E-state index in [4.69, 9.17) is 0 Å². The summed E-state index contributed by atoms with van der Waals surface area (Å²) < 4.78 is 0. The maximum Gasteiger partial charge on any atom is -0.00906 e. The van der Waals surface area contributed by atoms with Crippen molar-refractivity contribution in [1.82, 2.24) is 0 Å². The van der Waals surface area contributed by atoms with Gasteiger partial charge in [-0.25, -0.2) is 0 Å². The van der Waals surface area contributed by atoms with Crippen LogP contribution < -0.4 is 0 Å². The molecule has 1 aliphatic rings. The van der Waals surface area contributed by atoms with Gasteiger partial charge in [-0.05, 0) is 37.0 Å². The van der Waals surface area contributed by atoms with Crippen molar-refractivity contribution in [2.45, 2.75) is 65.7 Å². The molecule has 2 unspecified atom stereocenters. The van der Waals surface area contributed by atoms with Crippen molar-refractivity contribution in [2.24, 2.45) is 11.3 Å². The molecule has 1 rings (SSSR count). The second kappa shape index (κ2) is 5.00. The zero-order chi connectivity index (χ0) is 10.6. The van der Waals surface area contributed by atoms with E-state index in [0.717, 1.165) is 5.92 Å². The minimum absolute atomic E-state index is 0.522. The van der Waals surface area contributed by atoms with Crippen LogP contribution in [0.1, 0.15) is 65.7 Å². The molecule has 1 aliphatic carbocycles. The van der Waals surface area contributed by atoms with Crippen LogP contribution in [0.2, 0.25) is 0 Å². The second-order valence-electron chi connectivity index (χ2n) is 5.21. The predicted octanol–water partition coefficient (Wildman–Crippen LogP) is 4.95. The van der Waals surface area contributed by atoms with Crippen LogP contribution in [0.15, 0.2) is 12.2 Å². The van der Waals surface area contributed by atoms with E-state index in [1.807, 2.05) is 0 Å². The molecule has 82 valence electrons. The highest BCUT2D eigenvalue weighted by Gasteiger charge is 2.38. The Balaban J connectivity index is 2.53.